The molecule has 1 aromatic heterocycles. The Morgan fingerprint density at radius 2 is 2.35 bits per heavy atom. The van der Waals surface area contributed by atoms with E-state index in [0.717, 1.165) is 17.4 Å². The number of hydrogen-bond acceptors (Lipinski definition) is 4. The van der Waals surface area contributed by atoms with E-state index in [4.69, 9.17) is 0 Å². The van der Waals surface area contributed by atoms with Crippen LogP contribution in [0.15, 0.2) is 15.2 Å². The van der Waals surface area contributed by atoms with Gasteiger partial charge in [0.05, 0.1) is 11.5 Å². The SMILES string of the molecule is CCNC(c1cscc1Br)C1CCS(=O)(=O)C1. The van der Waals surface area contributed by atoms with Crippen molar-refractivity contribution in [3.8, 4) is 0 Å². The van der Waals surface area contributed by atoms with E-state index in [1.165, 1.54) is 5.56 Å². The second kappa shape index (κ2) is 5.38. The molecule has 2 unspecified atom stereocenters. The molecule has 1 aliphatic heterocycles. The third-order valence-corrected chi connectivity index (χ3v) is 6.69. The second-order valence-corrected chi connectivity index (χ2v) is 8.20. The molecule has 0 bridgehead atoms. The molecule has 0 aromatic carbocycles. The van der Waals surface area contributed by atoms with Gasteiger partial charge in [-0.3, -0.25) is 0 Å². The second-order valence-electron chi connectivity index (χ2n) is 4.37. The van der Waals surface area contributed by atoms with Crippen LogP contribution in [-0.4, -0.2) is 26.5 Å². The van der Waals surface area contributed by atoms with Crippen LogP contribution in [0.4, 0.5) is 0 Å². The van der Waals surface area contributed by atoms with Gasteiger partial charge < -0.3 is 5.32 Å². The van der Waals surface area contributed by atoms with Crippen molar-refractivity contribution in [1.29, 1.82) is 0 Å². The summed E-state index contributed by atoms with van der Waals surface area (Å²) in [6.45, 7) is 2.90. The van der Waals surface area contributed by atoms with Gasteiger partial charge in [0.2, 0.25) is 0 Å². The fraction of sp³-hybridized carbons (Fsp3) is 0.636. The highest BCUT2D eigenvalue weighted by atomic mass is 79.9. The van der Waals surface area contributed by atoms with E-state index in [9.17, 15) is 8.42 Å². The van der Waals surface area contributed by atoms with Gasteiger partial charge in [-0.15, -0.1) is 0 Å². The Labute approximate surface area is 115 Å². The van der Waals surface area contributed by atoms with E-state index >= 15 is 0 Å². The largest absolute Gasteiger partial charge is 0.310 e. The minimum Gasteiger partial charge on any atom is -0.310 e. The molecule has 96 valence electrons. The van der Waals surface area contributed by atoms with Crippen LogP contribution in [0.1, 0.15) is 24.9 Å². The van der Waals surface area contributed by atoms with E-state index < -0.39 is 9.84 Å². The Balaban J connectivity index is 2.22. The van der Waals surface area contributed by atoms with Gasteiger partial charge in [0, 0.05) is 15.9 Å². The summed E-state index contributed by atoms with van der Waals surface area (Å²) < 4.78 is 24.2. The van der Waals surface area contributed by atoms with Crippen LogP contribution in [0.5, 0.6) is 0 Å². The van der Waals surface area contributed by atoms with Crippen LogP contribution in [-0.2, 0) is 9.84 Å². The van der Waals surface area contributed by atoms with Crippen molar-refractivity contribution < 1.29 is 8.42 Å². The Bertz CT molecular complexity index is 483. The van der Waals surface area contributed by atoms with E-state index in [1.807, 2.05) is 5.38 Å². The topological polar surface area (TPSA) is 46.2 Å². The molecule has 0 saturated carbocycles. The first-order valence-corrected chi connectivity index (χ1v) is 9.24. The summed E-state index contributed by atoms with van der Waals surface area (Å²) in [5, 5.41) is 7.56. The summed E-state index contributed by atoms with van der Waals surface area (Å²) in [4.78, 5) is 0. The molecule has 17 heavy (non-hydrogen) atoms. The lowest BCUT2D eigenvalue weighted by molar-refractivity contribution is 0.400. The molecule has 1 aromatic rings. The zero-order chi connectivity index (χ0) is 12.5. The predicted molar refractivity (Wildman–Crippen MR) is 75.2 cm³/mol. The highest BCUT2D eigenvalue weighted by molar-refractivity contribution is 9.10. The van der Waals surface area contributed by atoms with Crippen molar-refractivity contribution in [2.24, 2.45) is 5.92 Å². The van der Waals surface area contributed by atoms with Crippen LogP contribution in [0.3, 0.4) is 0 Å². The van der Waals surface area contributed by atoms with Gasteiger partial charge in [-0.1, -0.05) is 6.92 Å². The summed E-state index contributed by atoms with van der Waals surface area (Å²) >= 11 is 5.18. The molecule has 2 heterocycles. The van der Waals surface area contributed by atoms with Gasteiger partial charge >= 0.3 is 0 Å². The highest BCUT2D eigenvalue weighted by Crippen LogP contribution is 2.36. The number of sulfone groups is 1. The first kappa shape index (κ1) is 13.5. The van der Waals surface area contributed by atoms with Gasteiger partial charge in [-0.25, -0.2) is 8.42 Å². The molecular formula is C11H16BrNO2S2. The lowest BCUT2D eigenvalue weighted by Gasteiger charge is -2.23. The summed E-state index contributed by atoms with van der Waals surface area (Å²) in [6.07, 6.45) is 0.766. The van der Waals surface area contributed by atoms with Crippen molar-refractivity contribution in [1.82, 2.24) is 5.32 Å². The Morgan fingerprint density at radius 3 is 2.82 bits per heavy atom. The number of hydrogen-bond donors (Lipinski definition) is 1. The molecular weight excluding hydrogens is 322 g/mol. The number of rotatable bonds is 4. The molecule has 0 spiro atoms. The molecule has 2 atom stereocenters. The lowest BCUT2D eigenvalue weighted by Crippen LogP contribution is -2.29. The Kier molecular flexibility index (Phi) is 4.28. The summed E-state index contributed by atoms with van der Waals surface area (Å²) in [6, 6.07) is 0.151. The smallest absolute Gasteiger partial charge is 0.150 e. The number of nitrogens with one attached hydrogen (secondary N) is 1. The maximum absolute atomic E-state index is 11.6. The van der Waals surface area contributed by atoms with Crippen molar-refractivity contribution in [2.75, 3.05) is 18.1 Å². The zero-order valence-electron chi connectivity index (χ0n) is 9.65. The zero-order valence-corrected chi connectivity index (χ0v) is 12.9. The van der Waals surface area contributed by atoms with Crippen LogP contribution in [0.2, 0.25) is 0 Å². The number of thiophene rings is 1. The monoisotopic (exact) mass is 337 g/mol. The van der Waals surface area contributed by atoms with Crippen molar-refractivity contribution in [2.45, 2.75) is 19.4 Å². The fourth-order valence-electron chi connectivity index (χ4n) is 2.35. The average Bonchev–Trinajstić information content (AvgIpc) is 2.81. The first-order chi connectivity index (χ1) is 8.03. The third kappa shape index (κ3) is 3.10. The molecule has 1 N–H and O–H groups in total. The molecule has 0 radical (unpaired) electrons. The molecule has 6 heteroatoms. The summed E-state index contributed by atoms with van der Waals surface area (Å²) in [7, 11) is -2.81. The molecule has 0 aliphatic carbocycles. The minimum atomic E-state index is -2.81. The van der Waals surface area contributed by atoms with Crippen molar-refractivity contribution >= 4 is 37.1 Å². The number of halogens is 1. The lowest BCUT2D eigenvalue weighted by atomic mass is 9.94. The van der Waals surface area contributed by atoms with Crippen LogP contribution >= 0.6 is 27.3 Å². The molecule has 0 amide bonds. The van der Waals surface area contributed by atoms with E-state index in [2.05, 4.69) is 33.6 Å². The first-order valence-electron chi connectivity index (χ1n) is 5.69. The van der Waals surface area contributed by atoms with Gasteiger partial charge in [0.15, 0.2) is 9.84 Å². The molecule has 3 nitrogen and oxygen atoms in total. The average molecular weight is 338 g/mol. The van der Waals surface area contributed by atoms with Crippen LogP contribution in [0, 0.1) is 5.92 Å². The maximum Gasteiger partial charge on any atom is 0.150 e. The van der Waals surface area contributed by atoms with Crippen molar-refractivity contribution in [3.05, 3.63) is 20.8 Å². The van der Waals surface area contributed by atoms with Gasteiger partial charge in [0.25, 0.3) is 0 Å². The predicted octanol–water partition coefficient (Wildman–Crippen LogP) is 2.60. The maximum atomic E-state index is 11.6. The minimum absolute atomic E-state index is 0.151. The van der Waals surface area contributed by atoms with Gasteiger partial charge in [0.1, 0.15) is 0 Å². The standard InChI is InChI=1S/C11H16BrNO2S2/c1-2-13-11(9-5-16-6-10(9)12)8-3-4-17(14,15)7-8/h5-6,8,11,13H,2-4,7H2,1H3. The molecule has 2 rings (SSSR count). The van der Waals surface area contributed by atoms with Crippen molar-refractivity contribution in [3.63, 3.8) is 0 Å². The van der Waals surface area contributed by atoms with E-state index in [1.54, 1.807) is 11.3 Å². The third-order valence-electron chi connectivity index (χ3n) is 3.14. The van der Waals surface area contributed by atoms with Crippen LogP contribution in [0.25, 0.3) is 0 Å². The summed E-state index contributed by atoms with van der Waals surface area (Å²) in [5.74, 6) is 0.847. The Morgan fingerprint density at radius 1 is 1.59 bits per heavy atom. The van der Waals surface area contributed by atoms with Gasteiger partial charge in [-0.05, 0) is 45.8 Å². The normalized spacial score (nSPS) is 24.9. The molecule has 1 aliphatic rings. The quantitative estimate of drug-likeness (QED) is 0.918. The summed E-state index contributed by atoms with van der Waals surface area (Å²) in [5.41, 5.74) is 1.19. The Hall–Kier alpha value is 0.0900. The van der Waals surface area contributed by atoms with Gasteiger partial charge in [-0.2, -0.15) is 11.3 Å². The van der Waals surface area contributed by atoms with E-state index in [0.29, 0.717) is 11.5 Å². The molecule has 1 saturated heterocycles. The fourth-order valence-corrected chi connectivity index (χ4v) is 5.77. The molecule has 1 fully saturated rings. The van der Waals surface area contributed by atoms with Crippen LogP contribution < -0.4 is 5.32 Å². The van der Waals surface area contributed by atoms with E-state index in [-0.39, 0.29) is 12.0 Å². The highest BCUT2D eigenvalue weighted by Gasteiger charge is 2.34.